The van der Waals surface area contributed by atoms with Crippen LogP contribution >= 0.6 is 0 Å². The quantitative estimate of drug-likeness (QED) is 0.303. The number of carbonyl (C=O) groups excluding carboxylic acids is 1. The van der Waals surface area contributed by atoms with Gasteiger partial charge in [0.25, 0.3) is 0 Å². The van der Waals surface area contributed by atoms with Gasteiger partial charge < -0.3 is 0 Å². The lowest BCUT2D eigenvalue weighted by atomic mass is 10.8. The van der Waals surface area contributed by atoms with Crippen LogP contribution in [-0.4, -0.2) is 11.2 Å². The Morgan fingerprint density at radius 3 is 2.50 bits per heavy atom. The summed E-state index contributed by atoms with van der Waals surface area (Å²) in [6, 6.07) is 0. The zero-order valence-electron chi connectivity index (χ0n) is 3.34. The zero-order chi connectivity index (χ0) is 4.99. The molecule has 0 unspecified atom stereocenters. The minimum atomic E-state index is -0.516. The lowest BCUT2D eigenvalue weighted by Crippen LogP contribution is -2.80. The van der Waals surface area contributed by atoms with Gasteiger partial charge in [-0.05, 0) is 0 Å². The Bertz CT molecular complexity index is 52.8. The molecule has 0 aromatic heterocycles. The molecule has 0 spiro atoms. The summed E-state index contributed by atoms with van der Waals surface area (Å²) in [7, 11) is 0. The molecule has 0 aliphatic rings. The molecular weight excluding hydrogens is 86.0 g/mol. The van der Waals surface area contributed by atoms with Crippen molar-refractivity contribution < 1.29 is 20.5 Å². The summed E-state index contributed by atoms with van der Waals surface area (Å²) in [5.74, 6) is -0.516. The van der Waals surface area contributed by atoms with Crippen molar-refractivity contribution in [2.45, 2.75) is 6.92 Å². The van der Waals surface area contributed by atoms with Crippen LogP contribution in [0.2, 0.25) is 0 Å². The summed E-state index contributed by atoms with van der Waals surface area (Å²) in [6.45, 7) is 1.20. The van der Waals surface area contributed by atoms with Crippen molar-refractivity contribution in [2.24, 2.45) is 0 Å². The van der Waals surface area contributed by atoms with Crippen LogP contribution in [0, 0.1) is 0 Å². The Labute approximate surface area is 34.6 Å². The fraction of sp³-hybridized carbons (Fsp3) is 0.500. The molecule has 6 heavy (non-hydrogen) atoms. The van der Waals surface area contributed by atoms with Gasteiger partial charge in [-0.1, -0.05) is 4.84 Å². The summed E-state index contributed by atoms with van der Waals surface area (Å²) in [6.07, 6.45) is 0. The van der Waals surface area contributed by atoms with Crippen LogP contribution < -0.4 is 5.64 Å². The molecule has 0 aliphatic heterocycles. The van der Waals surface area contributed by atoms with E-state index in [2.05, 4.69) is 4.84 Å². The first kappa shape index (κ1) is 5.39. The molecule has 4 nitrogen and oxygen atoms in total. The highest BCUT2D eigenvalue weighted by Gasteiger charge is 2.07. The minimum absolute atomic E-state index is 0.350. The Morgan fingerprint density at radius 1 is 2.00 bits per heavy atom. The Hall–Kier alpha value is -0.610. The summed E-state index contributed by atoms with van der Waals surface area (Å²) >= 11 is 0. The fourth-order valence-electron chi connectivity index (χ4n) is 0.0742. The van der Waals surface area contributed by atoms with Crippen LogP contribution in [0.25, 0.3) is 0 Å². The molecule has 0 bridgehead atoms. The van der Waals surface area contributed by atoms with Crippen LogP contribution in [0.3, 0.4) is 0 Å². The van der Waals surface area contributed by atoms with Crippen LogP contribution in [0.15, 0.2) is 0 Å². The van der Waals surface area contributed by atoms with E-state index in [0.29, 0.717) is 5.64 Å². The van der Waals surface area contributed by atoms with Gasteiger partial charge in [0.1, 0.15) is 6.92 Å². The van der Waals surface area contributed by atoms with Crippen LogP contribution in [0.1, 0.15) is 6.92 Å². The predicted octanol–water partition coefficient (Wildman–Crippen LogP) is -1.58. The largest absolute Gasteiger partial charge is 0.640 e. The molecule has 0 aliphatic carbocycles. The lowest BCUT2D eigenvalue weighted by molar-refractivity contribution is -1.05. The number of quaternary nitrogens is 1. The standard InChI is InChI=1S/C2H6NO3/c1-2(4)6-3-5/h5H,3H2,1H3/q+2. The van der Waals surface area contributed by atoms with E-state index in [9.17, 15) is 4.79 Å². The van der Waals surface area contributed by atoms with E-state index in [0.717, 1.165) is 0 Å². The molecule has 3 N–H and O–H groups in total. The molecule has 1 radical (unpaired) electrons. The van der Waals surface area contributed by atoms with Crippen LogP contribution in [0.5, 0.6) is 0 Å². The van der Waals surface area contributed by atoms with Gasteiger partial charge in [0.15, 0.2) is 0 Å². The summed E-state index contributed by atoms with van der Waals surface area (Å²) < 4.78 is 0. The van der Waals surface area contributed by atoms with Crippen molar-refractivity contribution in [2.75, 3.05) is 0 Å². The maximum absolute atomic E-state index is 9.63. The van der Waals surface area contributed by atoms with Gasteiger partial charge in [0.2, 0.25) is 0 Å². The molecule has 0 saturated heterocycles. The number of hydrogen-bond acceptors (Lipinski definition) is 3. The molecule has 0 aromatic carbocycles. The van der Waals surface area contributed by atoms with Crippen molar-refractivity contribution >= 4 is 5.97 Å². The monoisotopic (exact) mass is 92.0 g/mol. The van der Waals surface area contributed by atoms with Crippen molar-refractivity contribution in [1.29, 1.82) is 0 Å². The highest BCUT2D eigenvalue weighted by Crippen LogP contribution is 1.53. The van der Waals surface area contributed by atoms with Gasteiger partial charge >= 0.3 is 5.97 Å². The average molecular weight is 92.1 g/mol. The second-order valence-electron chi connectivity index (χ2n) is 0.715. The van der Waals surface area contributed by atoms with E-state index < -0.39 is 5.97 Å². The number of nitrogens with two attached hydrogens (primary N) is 1. The SMILES string of the molecule is CC(=[O+])O[NH2+]O. The Balaban J connectivity index is 2.83. The second kappa shape index (κ2) is 2.62. The van der Waals surface area contributed by atoms with Gasteiger partial charge in [-0.3, -0.25) is 0 Å². The molecule has 0 aromatic rings. The van der Waals surface area contributed by atoms with Gasteiger partial charge in [-0.25, -0.2) is 0 Å². The highest BCUT2D eigenvalue weighted by molar-refractivity contribution is 5.64. The Morgan fingerprint density at radius 2 is 2.50 bits per heavy atom. The molecule has 0 rings (SSSR count). The zero-order valence-corrected chi connectivity index (χ0v) is 3.34. The molecule has 0 saturated carbocycles. The first-order valence-corrected chi connectivity index (χ1v) is 1.40. The van der Waals surface area contributed by atoms with Crippen molar-refractivity contribution in [3.63, 3.8) is 0 Å². The second-order valence-corrected chi connectivity index (χ2v) is 0.715. The summed E-state index contributed by atoms with van der Waals surface area (Å²) in [5.41, 5.74) is 0.350. The van der Waals surface area contributed by atoms with Gasteiger partial charge in [-0.15, -0.1) is 0 Å². The fourth-order valence-corrected chi connectivity index (χ4v) is 0.0742. The molecule has 0 atom stereocenters. The van der Waals surface area contributed by atoms with Crippen molar-refractivity contribution in [3.8, 4) is 0 Å². The number of hydrogen-bond donors (Lipinski definition) is 2. The molecule has 4 heteroatoms. The first-order chi connectivity index (χ1) is 2.77. The lowest BCUT2D eigenvalue weighted by Gasteiger charge is -1.67. The van der Waals surface area contributed by atoms with E-state index in [1.807, 2.05) is 0 Å². The predicted molar refractivity (Wildman–Crippen MR) is 15.5 cm³/mol. The van der Waals surface area contributed by atoms with Crippen molar-refractivity contribution in [3.05, 3.63) is 0 Å². The smallest absolute Gasteiger partial charge is 0.158 e. The third-order valence-corrected chi connectivity index (χ3v) is 0.219. The molecular formula is C2H6NO3+2. The highest BCUT2D eigenvalue weighted by atomic mass is 16.8. The first-order valence-electron chi connectivity index (χ1n) is 1.40. The summed E-state index contributed by atoms with van der Waals surface area (Å²) in [5, 5.41) is 7.67. The maximum atomic E-state index is 9.63. The Kier molecular flexibility index (Phi) is 2.35. The number of carbonyl (C=O) groups is 1. The van der Waals surface area contributed by atoms with Gasteiger partial charge in [-0.2, -0.15) is 5.21 Å². The molecule has 0 fully saturated rings. The number of rotatable bonds is 1. The van der Waals surface area contributed by atoms with Crippen molar-refractivity contribution in [1.82, 2.24) is 0 Å². The van der Waals surface area contributed by atoms with E-state index in [-0.39, 0.29) is 0 Å². The van der Waals surface area contributed by atoms with Crippen LogP contribution in [-0.2, 0) is 9.63 Å². The van der Waals surface area contributed by atoms with E-state index in [1.165, 1.54) is 6.92 Å². The molecule has 35 valence electrons. The average Bonchev–Trinajstić information content (AvgIpc) is 1.35. The van der Waals surface area contributed by atoms with Gasteiger partial charge in [0.05, 0.1) is 10.4 Å². The third kappa shape index (κ3) is 3.39. The van der Waals surface area contributed by atoms with E-state index in [4.69, 9.17) is 5.21 Å². The topological polar surface area (TPSA) is 66.0 Å². The van der Waals surface area contributed by atoms with Gasteiger partial charge in [0, 0.05) is 0 Å². The molecule has 0 amide bonds. The normalized spacial score (nSPS) is 7.67. The van der Waals surface area contributed by atoms with Crippen LogP contribution in [0.4, 0.5) is 0 Å². The third-order valence-electron chi connectivity index (χ3n) is 0.219. The molecule has 0 heterocycles. The van der Waals surface area contributed by atoms with E-state index in [1.54, 1.807) is 0 Å². The summed E-state index contributed by atoms with van der Waals surface area (Å²) in [4.78, 5) is 13.5. The van der Waals surface area contributed by atoms with E-state index >= 15 is 0 Å². The minimum Gasteiger partial charge on any atom is -0.158 e. The maximum Gasteiger partial charge on any atom is 0.640 e.